The van der Waals surface area contributed by atoms with E-state index in [1.54, 1.807) is 25.4 Å². The number of carbonyl (C=O) groups is 1. The first kappa shape index (κ1) is 12.9. The first-order valence-electron chi connectivity index (χ1n) is 5.84. The van der Waals surface area contributed by atoms with Crippen molar-refractivity contribution >= 4 is 17.3 Å². The molecule has 1 aromatic carbocycles. The van der Waals surface area contributed by atoms with Crippen LogP contribution in [0.1, 0.15) is 21.5 Å². The largest absolute Gasteiger partial charge is 0.478 e. The van der Waals surface area contributed by atoms with Crippen molar-refractivity contribution in [3.63, 3.8) is 0 Å². The summed E-state index contributed by atoms with van der Waals surface area (Å²) in [4.78, 5) is 15.1. The Balaban J connectivity index is 2.19. The number of carboxylic acid groups (broad SMARTS) is 1. The van der Waals surface area contributed by atoms with E-state index < -0.39 is 5.97 Å². The Bertz CT molecular complexity index is 597. The Morgan fingerprint density at radius 1 is 1.47 bits per heavy atom. The molecule has 0 fully saturated rings. The smallest absolute Gasteiger partial charge is 0.337 e. The summed E-state index contributed by atoms with van der Waals surface area (Å²) in [7, 11) is 0. The van der Waals surface area contributed by atoms with Crippen molar-refractivity contribution in [2.24, 2.45) is 0 Å². The van der Waals surface area contributed by atoms with Crippen LogP contribution in [0.25, 0.3) is 0 Å². The van der Waals surface area contributed by atoms with E-state index in [-0.39, 0.29) is 5.56 Å². The molecule has 0 radical (unpaired) electrons. The van der Waals surface area contributed by atoms with E-state index in [0.717, 1.165) is 16.8 Å². The fraction of sp³-hybridized carbons (Fsp3) is 0.143. The van der Waals surface area contributed by atoms with Crippen LogP contribution in [0.4, 0.5) is 11.4 Å². The van der Waals surface area contributed by atoms with Gasteiger partial charge in [-0.25, -0.2) is 4.79 Å². The maximum absolute atomic E-state index is 11.1. The molecule has 0 saturated carbocycles. The van der Waals surface area contributed by atoms with Gasteiger partial charge in [-0.3, -0.25) is 4.98 Å². The molecule has 19 heavy (non-hydrogen) atoms. The number of pyridine rings is 1. The number of aromatic nitrogens is 1. The molecule has 0 aliphatic rings. The van der Waals surface area contributed by atoms with Gasteiger partial charge in [-0.1, -0.05) is 6.07 Å². The van der Waals surface area contributed by atoms with E-state index in [1.165, 1.54) is 0 Å². The van der Waals surface area contributed by atoms with Crippen LogP contribution >= 0.6 is 0 Å². The summed E-state index contributed by atoms with van der Waals surface area (Å²) in [5, 5.41) is 12.2. The summed E-state index contributed by atoms with van der Waals surface area (Å²) >= 11 is 0. The topological polar surface area (TPSA) is 88.2 Å². The molecule has 0 saturated heterocycles. The average Bonchev–Trinajstić information content (AvgIpc) is 2.41. The zero-order valence-corrected chi connectivity index (χ0v) is 10.6. The molecule has 0 spiro atoms. The predicted octanol–water partition coefficient (Wildman–Crippen LogP) is 2.28. The van der Waals surface area contributed by atoms with Crippen molar-refractivity contribution in [2.45, 2.75) is 13.5 Å². The third-order valence-corrected chi connectivity index (χ3v) is 2.84. The lowest BCUT2D eigenvalue weighted by atomic mass is 10.1. The van der Waals surface area contributed by atoms with Crippen molar-refractivity contribution in [1.82, 2.24) is 4.98 Å². The molecule has 5 heteroatoms. The quantitative estimate of drug-likeness (QED) is 0.731. The number of carboxylic acids is 1. The Morgan fingerprint density at radius 2 is 2.26 bits per heavy atom. The van der Waals surface area contributed by atoms with E-state index in [1.807, 2.05) is 18.2 Å². The van der Waals surface area contributed by atoms with E-state index in [4.69, 9.17) is 10.8 Å². The maximum Gasteiger partial charge on any atom is 0.337 e. The third-order valence-electron chi connectivity index (χ3n) is 2.84. The Morgan fingerprint density at radius 3 is 2.89 bits per heavy atom. The summed E-state index contributed by atoms with van der Waals surface area (Å²) in [6, 6.07) is 7.18. The minimum absolute atomic E-state index is 0.119. The highest BCUT2D eigenvalue weighted by Gasteiger charge is 2.11. The van der Waals surface area contributed by atoms with E-state index in [2.05, 4.69) is 10.3 Å². The molecule has 0 bridgehead atoms. The van der Waals surface area contributed by atoms with Crippen LogP contribution in [0.3, 0.4) is 0 Å². The highest BCUT2D eigenvalue weighted by atomic mass is 16.4. The van der Waals surface area contributed by atoms with Gasteiger partial charge in [0.05, 0.1) is 5.56 Å². The summed E-state index contributed by atoms with van der Waals surface area (Å²) in [6.45, 7) is 2.37. The van der Waals surface area contributed by atoms with Gasteiger partial charge in [0, 0.05) is 30.3 Å². The second-order valence-electron chi connectivity index (χ2n) is 4.27. The molecule has 0 atom stereocenters. The van der Waals surface area contributed by atoms with Gasteiger partial charge in [0.2, 0.25) is 0 Å². The lowest BCUT2D eigenvalue weighted by Crippen LogP contribution is -2.07. The van der Waals surface area contributed by atoms with Gasteiger partial charge in [0.25, 0.3) is 0 Å². The number of aromatic carboxylic acids is 1. The normalized spacial score (nSPS) is 10.2. The molecule has 2 aromatic rings. The SMILES string of the molecule is Cc1cc(NCc2cccnc2)cc(C(=O)O)c1N. The van der Waals surface area contributed by atoms with Crippen molar-refractivity contribution < 1.29 is 9.90 Å². The minimum Gasteiger partial charge on any atom is -0.478 e. The molecule has 4 N–H and O–H groups in total. The fourth-order valence-corrected chi connectivity index (χ4v) is 1.78. The number of aryl methyl sites for hydroxylation is 1. The second kappa shape index (κ2) is 5.39. The van der Waals surface area contributed by atoms with Crippen LogP contribution in [0.2, 0.25) is 0 Å². The Labute approximate surface area is 111 Å². The number of nitrogen functional groups attached to an aromatic ring is 1. The minimum atomic E-state index is -1.02. The van der Waals surface area contributed by atoms with Crippen LogP contribution in [0, 0.1) is 6.92 Å². The standard InChI is InChI=1S/C14H15N3O2/c1-9-5-11(6-12(13(9)15)14(18)19)17-8-10-3-2-4-16-7-10/h2-7,17H,8,15H2,1H3,(H,18,19). The highest BCUT2D eigenvalue weighted by molar-refractivity contribution is 5.95. The van der Waals surface area contributed by atoms with Gasteiger partial charge in [-0.15, -0.1) is 0 Å². The average molecular weight is 257 g/mol. The van der Waals surface area contributed by atoms with Gasteiger partial charge >= 0.3 is 5.97 Å². The molecule has 5 nitrogen and oxygen atoms in total. The lowest BCUT2D eigenvalue weighted by Gasteiger charge is -2.11. The first-order chi connectivity index (χ1) is 9.08. The summed E-state index contributed by atoms with van der Waals surface area (Å²) < 4.78 is 0. The monoisotopic (exact) mass is 257 g/mol. The number of rotatable bonds is 4. The van der Waals surface area contributed by atoms with Crippen LogP contribution in [0.15, 0.2) is 36.7 Å². The zero-order chi connectivity index (χ0) is 13.8. The van der Waals surface area contributed by atoms with Gasteiger partial charge in [0.1, 0.15) is 0 Å². The van der Waals surface area contributed by atoms with E-state index in [0.29, 0.717) is 12.2 Å². The molecular formula is C14H15N3O2. The van der Waals surface area contributed by atoms with Crippen molar-refractivity contribution in [1.29, 1.82) is 0 Å². The van der Waals surface area contributed by atoms with Crippen molar-refractivity contribution in [3.8, 4) is 0 Å². The maximum atomic E-state index is 11.1. The van der Waals surface area contributed by atoms with Gasteiger partial charge in [-0.2, -0.15) is 0 Å². The van der Waals surface area contributed by atoms with Crippen LogP contribution in [0.5, 0.6) is 0 Å². The Hall–Kier alpha value is -2.56. The summed E-state index contributed by atoms with van der Waals surface area (Å²) in [5.74, 6) is -1.02. The second-order valence-corrected chi connectivity index (χ2v) is 4.27. The molecule has 2 rings (SSSR count). The molecule has 98 valence electrons. The summed E-state index contributed by atoms with van der Waals surface area (Å²) in [5.41, 5.74) is 8.66. The molecule has 1 aromatic heterocycles. The number of hydrogen-bond acceptors (Lipinski definition) is 4. The number of nitrogens with one attached hydrogen (secondary N) is 1. The number of hydrogen-bond donors (Lipinski definition) is 3. The number of benzene rings is 1. The molecule has 0 aliphatic heterocycles. The van der Waals surface area contributed by atoms with E-state index >= 15 is 0 Å². The lowest BCUT2D eigenvalue weighted by molar-refractivity contribution is 0.0698. The number of nitrogens with zero attached hydrogens (tertiary/aromatic N) is 1. The zero-order valence-electron chi connectivity index (χ0n) is 10.6. The summed E-state index contributed by atoms with van der Waals surface area (Å²) in [6.07, 6.45) is 3.47. The van der Waals surface area contributed by atoms with Crippen LogP contribution < -0.4 is 11.1 Å². The molecular weight excluding hydrogens is 242 g/mol. The van der Waals surface area contributed by atoms with Gasteiger partial charge in [-0.05, 0) is 36.2 Å². The Kier molecular flexibility index (Phi) is 3.66. The first-order valence-corrected chi connectivity index (χ1v) is 5.84. The van der Waals surface area contributed by atoms with Crippen LogP contribution in [-0.2, 0) is 6.54 Å². The van der Waals surface area contributed by atoms with Crippen molar-refractivity contribution in [3.05, 3.63) is 53.3 Å². The molecule has 1 heterocycles. The molecule has 0 aliphatic carbocycles. The van der Waals surface area contributed by atoms with Crippen molar-refractivity contribution in [2.75, 3.05) is 11.1 Å². The molecule has 0 unspecified atom stereocenters. The highest BCUT2D eigenvalue weighted by Crippen LogP contribution is 2.23. The van der Waals surface area contributed by atoms with Crippen LogP contribution in [-0.4, -0.2) is 16.1 Å². The fourth-order valence-electron chi connectivity index (χ4n) is 1.78. The van der Waals surface area contributed by atoms with E-state index in [9.17, 15) is 4.79 Å². The third kappa shape index (κ3) is 3.01. The van der Waals surface area contributed by atoms with Gasteiger partial charge < -0.3 is 16.2 Å². The van der Waals surface area contributed by atoms with Gasteiger partial charge in [0.15, 0.2) is 0 Å². The number of nitrogens with two attached hydrogens (primary N) is 1. The predicted molar refractivity (Wildman–Crippen MR) is 74.1 cm³/mol. The molecule has 0 amide bonds. The number of anilines is 2.